The number of hydrogen-bond donors (Lipinski definition) is 2. The first-order valence-electron chi connectivity index (χ1n) is 9.46. The Hall–Kier alpha value is -3.91. The highest BCUT2D eigenvalue weighted by molar-refractivity contribution is 7.92. The molecule has 0 atom stereocenters. The van der Waals surface area contributed by atoms with Crippen molar-refractivity contribution in [2.75, 3.05) is 4.72 Å². The van der Waals surface area contributed by atoms with Gasteiger partial charge in [0.1, 0.15) is 5.56 Å². The lowest BCUT2D eigenvalue weighted by molar-refractivity contribution is 0.0696. The van der Waals surface area contributed by atoms with Gasteiger partial charge in [-0.05, 0) is 35.9 Å². The smallest absolute Gasteiger partial charge is 0.339 e. The molecule has 0 aliphatic rings. The van der Waals surface area contributed by atoms with Crippen LogP contribution in [0.3, 0.4) is 0 Å². The van der Waals surface area contributed by atoms with Gasteiger partial charge in [0.15, 0.2) is 0 Å². The van der Waals surface area contributed by atoms with Gasteiger partial charge >= 0.3 is 5.97 Å². The van der Waals surface area contributed by atoms with Crippen LogP contribution in [0.1, 0.15) is 21.6 Å². The van der Waals surface area contributed by atoms with E-state index in [1.54, 1.807) is 42.5 Å². The van der Waals surface area contributed by atoms with Crippen molar-refractivity contribution in [2.24, 2.45) is 0 Å². The number of carboxylic acid groups (broad SMARTS) is 1. The molecule has 31 heavy (non-hydrogen) atoms. The number of hydrogen-bond acceptors (Lipinski definition) is 4. The lowest BCUT2D eigenvalue weighted by atomic mass is 10.1. The van der Waals surface area contributed by atoms with E-state index in [1.807, 2.05) is 30.3 Å². The normalized spacial score (nSPS) is 11.2. The molecule has 156 valence electrons. The largest absolute Gasteiger partial charge is 0.478 e. The van der Waals surface area contributed by atoms with Crippen molar-refractivity contribution in [3.05, 3.63) is 108 Å². The van der Waals surface area contributed by atoms with Crippen LogP contribution in [-0.2, 0) is 16.4 Å². The molecule has 7 nitrogen and oxygen atoms in total. The monoisotopic (exact) mass is 433 g/mol. The van der Waals surface area contributed by atoms with Crippen molar-refractivity contribution in [3.63, 3.8) is 0 Å². The zero-order chi connectivity index (χ0) is 21.8. The van der Waals surface area contributed by atoms with Crippen molar-refractivity contribution >= 4 is 21.7 Å². The van der Waals surface area contributed by atoms with E-state index < -0.39 is 16.0 Å². The van der Waals surface area contributed by atoms with E-state index in [2.05, 4.69) is 9.82 Å². The Morgan fingerprint density at radius 2 is 1.61 bits per heavy atom. The molecular weight excluding hydrogens is 414 g/mol. The topological polar surface area (TPSA) is 101 Å². The summed E-state index contributed by atoms with van der Waals surface area (Å²) < 4.78 is 29.4. The Morgan fingerprint density at radius 3 is 2.29 bits per heavy atom. The summed E-state index contributed by atoms with van der Waals surface area (Å²) in [5.74, 6) is -1.07. The van der Waals surface area contributed by atoms with Crippen LogP contribution in [0.15, 0.2) is 96.0 Å². The molecule has 0 saturated carbocycles. The summed E-state index contributed by atoms with van der Waals surface area (Å²) in [6, 6.07) is 24.2. The van der Waals surface area contributed by atoms with Gasteiger partial charge in [-0.2, -0.15) is 5.10 Å². The third kappa shape index (κ3) is 4.49. The molecule has 0 spiro atoms. The zero-order valence-corrected chi connectivity index (χ0v) is 17.2. The number of sulfonamides is 1. The fourth-order valence-electron chi connectivity index (χ4n) is 3.25. The van der Waals surface area contributed by atoms with E-state index in [1.165, 1.54) is 23.0 Å². The second kappa shape index (κ2) is 8.45. The highest BCUT2D eigenvalue weighted by Crippen LogP contribution is 2.23. The molecule has 8 heteroatoms. The number of anilines is 1. The lowest BCUT2D eigenvalue weighted by Crippen LogP contribution is -2.13. The fraction of sp³-hybridized carbons (Fsp3) is 0.0435. The predicted molar refractivity (Wildman–Crippen MR) is 117 cm³/mol. The van der Waals surface area contributed by atoms with E-state index in [0.717, 1.165) is 5.56 Å². The van der Waals surface area contributed by atoms with Gasteiger partial charge in [0.2, 0.25) is 0 Å². The van der Waals surface area contributed by atoms with E-state index in [4.69, 9.17) is 0 Å². The molecular formula is C23H19N3O4S. The predicted octanol–water partition coefficient (Wildman–Crippen LogP) is 3.96. The molecule has 2 N–H and O–H groups in total. The lowest BCUT2D eigenvalue weighted by Gasteiger charge is -2.12. The van der Waals surface area contributed by atoms with Crippen LogP contribution >= 0.6 is 0 Å². The molecule has 1 heterocycles. The summed E-state index contributed by atoms with van der Waals surface area (Å²) >= 11 is 0. The summed E-state index contributed by atoms with van der Waals surface area (Å²) in [5, 5.41) is 13.9. The highest BCUT2D eigenvalue weighted by Gasteiger charge is 2.19. The molecule has 0 aliphatic carbocycles. The van der Waals surface area contributed by atoms with E-state index >= 15 is 0 Å². The van der Waals surface area contributed by atoms with Crippen LogP contribution in [0.4, 0.5) is 5.69 Å². The quantitative estimate of drug-likeness (QED) is 0.459. The van der Waals surface area contributed by atoms with Gasteiger partial charge in [-0.15, -0.1) is 0 Å². The average Bonchev–Trinajstić information content (AvgIpc) is 3.19. The van der Waals surface area contributed by atoms with Crippen molar-refractivity contribution < 1.29 is 18.3 Å². The van der Waals surface area contributed by atoms with Gasteiger partial charge in [0, 0.05) is 6.42 Å². The third-order valence-electron chi connectivity index (χ3n) is 4.71. The molecule has 0 aliphatic heterocycles. The number of carboxylic acids is 1. The molecule has 3 aromatic carbocycles. The maximum Gasteiger partial charge on any atom is 0.339 e. The Kier molecular flexibility index (Phi) is 5.55. The Morgan fingerprint density at radius 1 is 0.935 bits per heavy atom. The van der Waals surface area contributed by atoms with E-state index in [9.17, 15) is 18.3 Å². The molecule has 1 aromatic heterocycles. The fourth-order valence-corrected chi connectivity index (χ4v) is 4.32. The van der Waals surface area contributed by atoms with Gasteiger partial charge < -0.3 is 5.11 Å². The number of nitrogens with zero attached hydrogens (tertiary/aromatic N) is 2. The minimum atomic E-state index is -3.75. The first-order valence-corrected chi connectivity index (χ1v) is 10.9. The van der Waals surface area contributed by atoms with Crippen molar-refractivity contribution in [2.45, 2.75) is 11.3 Å². The van der Waals surface area contributed by atoms with Crippen LogP contribution in [0.25, 0.3) is 5.69 Å². The molecule has 0 saturated heterocycles. The molecule has 0 unspecified atom stereocenters. The minimum absolute atomic E-state index is 0.0964. The van der Waals surface area contributed by atoms with Crippen molar-refractivity contribution in [3.8, 4) is 5.69 Å². The maximum absolute atomic E-state index is 12.6. The minimum Gasteiger partial charge on any atom is -0.478 e. The SMILES string of the molecule is O=C(O)c1cnn(-c2cccc(NS(=O)(=O)c3ccccc3)c2)c1Cc1ccccc1. The maximum atomic E-state index is 12.6. The molecule has 0 fully saturated rings. The van der Waals surface area contributed by atoms with E-state index in [0.29, 0.717) is 23.5 Å². The van der Waals surface area contributed by atoms with Gasteiger partial charge in [-0.25, -0.2) is 17.9 Å². The molecule has 4 aromatic rings. The van der Waals surface area contributed by atoms with Crippen LogP contribution in [0.2, 0.25) is 0 Å². The summed E-state index contributed by atoms with van der Waals surface area (Å²) in [6.07, 6.45) is 1.67. The van der Waals surface area contributed by atoms with Crippen molar-refractivity contribution in [1.82, 2.24) is 9.78 Å². The average molecular weight is 433 g/mol. The molecule has 0 bridgehead atoms. The number of benzene rings is 3. The Bertz CT molecular complexity index is 1320. The van der Waals surface area contributed by atoms with E-state index in [-0.39, 0.29) is 10.5 Å². The second-order valence-corrected chi connectivity index (χ2v) is 8.54. The number of rotatable bonds is 7. The van der Waals surface area contributed by atoms with Crippen molar-refractivity contribution in [1.29, 1.82) is 0 Å². The summed E-state index contributed by atoms with van der Waals surface area (Å²) in [4.78, 5) is 11.9. The van der Waals surface area contributed by atoms with Gasteiger partial charge in [-0.1, -0.05) is 54.6 Å². The van der Waals surface area contributed by atoms with Gasteiger partial charge in [0.05, 0.1) is 28.2 Å². The van der Waals surface area contributed by atoms with Crippen LogP contribution in [0, 0.1) is 0 Å². The number of carbonyl (C=O) groups is 1. The first kappa shape index (κ1) is 20.4. The summed E-state index contributed by atoms with van der Waals surface area (Å²) in [5.41, 5.74) is 2.43. The second-order valence-electron chi connectivity index (χ2n) is 6.85. The number of aromatic carboxylic acids is 1. The standard InChI is InChI=1S/C23H19N3O4S/c27-23(28)21-16-24-26(22(21)14-17-8-3-1-4-9-17)19-11-7-10-18(15-19)25-31(29,30)20-12-5-2-6-13-20/h1-13,15-16,25H,14H2,(H,27,28). The molecule has 0 amide bonds. The first-order chi connectivity index (χ1) is 14.9. The van der Waals surface area contributed by atoms with Gasteiger partial charge in [0.25, 0.3) is 10.0 Å². The van der Waals surface area contributed by atoms with Crippen LogP contribution in [-0.4, -0.2) is 29.3 Å². The van der Waals surface area contributed by atoms with Crippen LogP contribution in [0.5, 0.6) is 0 Å². The summed E-state index contributed by atoms with van der Waals surface area (Å²) in [6.45, 7) is 0. The summed E-state index contributed by atoms with van der Waals surface area (Å²) in [7, 11) is -3.75. The zero-order valence-electron chi connectivity index (χ0n) is 16.3. The number of nitrogens with one attached hydrogen (secondary N) is 1. The molecule has 4 rings (SSSR count). The number of aromatic nitrogens is 2. The highest BCUT2D eigenvalue weighted by atomic mass is 32.2. The molecule has 0 radical (unpaired) electrons. The van der Waals surface area contributed by atoms with Crippen LogP contribution < -0.4 is 4.72 Å². The van der Waals surface area contributed by atoms with Gasteiger partial charge in [-0.3, -0.25) is 4.72 Å². The Balaban J connectivity index is 1.70. The Labute approximate surface area is 179 Å². The third-order valence-corrected chi connectivity index (χ3v) is 6.11.